The van der Waals surface area contributed by atoms with Gasteiger partial charge in [0.05, 0.1) is 11.8 Å². The van der Waals surface area contributed by atoms with E-state index in [1.807, 2.05) is 0 Å². The molecule has 0 aliphatic rings. The predicted molar refractivity (Wildman–Crippen MR) is 41.2 cm³/mol. The standard InChI is InChI=1S/C6H4Cl2F8/c7-1-3(9,10)5(13,14)6(15,16)4(11,12)2-8/h1-2H2. The summed E-state index contributed by atoms with van der Waals surface area (Å²) >= 11 is 8.67. The van der Waals surface area contributed by atoms with Crippen molar-refractivity contribution >= 4 is 23.2 Å². The maximum Gasteiger partial charge on any atom is 0.379 e. The minimum absolute atomic E-state index is 2.23. The van der Waals surface area contributed by atoms with Crippen LogP contribution in [0.15, 0.2) is 0 Å². The summed E-state index contributed by atoms with van der Waals surface area (Å²) in [6.45, 7) is 0. The molecular weight excluding hydrogens is 295 g/mol. The van der Waals surface area contributed by atoms with E-state index in [1.54, 1.807) is 0 Å². The van der Waals surface area contributed by atoms with Gasteiger partial charge in [0, 0.05) is 0 Å². The molecule has 0 nitrogen and oxygen atoms in total. The second kappa shape index (κ2) is 4.36. The van der Waals surface area contributed by atoms with Gasteiger partial charge in [-0.15, -0.1) is 23.2 Å². The van der Waals surface area contributed by atoms with Crippen LogP contribution in [0, 0.1) is 0 Å². The van der Waals surface area contributed by atoms with Crippen molar-refractivity contribution in [2.24, 2.45) is 0 Å². The maximum absolute atomic E-state index is 12.5. The van der Waals surface area contributed by atoms with Gasteiger partial charge in [-0.3, -0.25) is 0 Å². The molecule has 0 spiro atoms. The second-order valence-corrected chi connectivity index (χ2v) is 3.36. The van der Waals surface area contributed by atoms with Crippen LogP contribution < -0.4 is 0 Å². The van der Waals surface area contributed by atoms with Crippen molar-refractivity contribution < 1.29 is 35.1 Å². The first kappa shape index (κ1) is 16.0. The van der Waals surface area contributed by atoms with E-state index in [0.717, 1.165) is 0 Å². The summed E-state index contributed by atoms with van der Waals surface area (Å²) in [5.74, 6) is -28.0. The molecule has 10 heteroatoms. The fraction of sp³-hybridized carbons (Fsp3) is 1.00. The number of rotatable bonds is 5. The highest BCUT2D eigenvalue weighted by Crippen LogP contribution is 2.52. The lowest BCUT2D eigenvalue weighted by molar-refractivity contribution is -0.356. The average molecular weight is 299 g/mol. The van der Waals surface area contributed by atoms with Gasteiger partial charge in [0.1, 0.15) is 0 Å². The van der Waals surface area contributed by atoms with Crippen molar-refractivity contribution in [2.75, 3.05) is 11.8 Å². The highest BCUT2D eigenvalue weighted by atomic mass is 35.5. The Balaban J connectivity index is 5.46. The minimum atomic E-state index is -6.31. The monoisotopic (exact) mass is 298 g/mol. The molecule has 0 N–H and O–H groups in total. The van der Waals surface area contributed by atoms with E-state index in [1.165, 1.54) is 0 Å². The van der Waals surface area contributed by atoms with E-state index in [9.17, 15) is 35.1 Å². The summed E-state index contributed by atoms with van der Waals surface area (Å²) < 4.78 is 99.6. The highest BCUT2D eigenvalue weighted by molar-refractivity contribution is 6.18. The Bertz CT molecular complexity index is 225. The van der Waals surface area contributed by atoms with Crippen LogP contribution in [0.2, 0.25) is 0 Å². The highest BCUT2D eigenvalue weighted by Gasteiger charge is 2.79. The van der Waals surface area contributed by atoms with E-state index >= 15 is 0 Å². The van der Waals surface area contributed by atoms with Crippen LogP contribution in [0.5, 0.6) is 0 Å². The van der Waals surface area contributed by atoms with Crippen molar-refractivity contribution in [3.8, 4) is 0 Å². The molecule has 0 saturated heterocycles. The molecule has 0 radical (unpaired) electrons. The molecular formula is C6H4Cl2F8. The van der Waals surface area contributed by atoms with E-state index < -0.39 is 35.5 Å². The van der Waals surface area contributed by atoms with Gasteiger partial charge in [0.25, 0.3) is 0 Å². The molecule has 0 atom stereocenters. The largest absolute Gasteiger partial charge is 0.379 e. The Hall–Kier alpha value is 0.0200. The topological polar surface area (TPSA) is 0 Å². The summed E-state index contributed by atoms with van der Waals surface area (Å²) in [6.07, 6.45) is 0. The number of alkyl halides is 10. The molecule has 98 valence electrons. The second-order valence-electron chi connectivity index (χ2n) is 2.82. The van der Waals surface area contributed by atoms with E-state index in [-0.39, 0.29) is 0 Å². The Labute approximate surface area is 94.5 Å². The summed E-state index contributed by atoms with van der Waals surface area (Å²) in [5, 5.41) is 0. The van der Waals surface area contributed by atoms with Crippen molar-refractivity contribution in [1.82, 2.24) is 0 Å². The summed E-state index contributed by atoms with van der Waals surface area (Å²) in [6, 6.07) is 0. The first-order chi connectivity index (χ1) is 6.87. The summed E-state index contributed by atoms with van der Waals surface area (Å²) in [4.78, 5) is 0. The van der Waals surface area contributed by atoms with Crippen LogP contribution in [0.3, 0.4) is 0 Å². The van der Waals surface area contributed by atoms with Gasteiger partial charge >= 0.3 is 23.7 Å². The van der Waals surface area contributed by atoms with Crippen LogP contribution in [-0.4, -0.2) is 35.5 Å². The lowest BCUT2D eigenvalue weighted by Crippen LogP contribution is -2.63. The maximum atomic E-state index is 12.5. The fourth-order valence-electron chi connectivity index (χ4n) is 0.627. The molecule has 0 aliphatic carbocycles. The van der Waals surface area contributed by atoms with E-state index in [2.05, 4.69) is 23.2 Å². The lowest BCUT2D eigenvalue weighted by atomic mass is 10.0. The minimum Gasteiger partial charge on any atom is -0.198 e. The average Bonchev–Trinajstić information content (AvgIpc) is 2.16. The quantitative estimate of drug-likeness (QED) is 0.531. The molecule has 0 heterocycles. The van der Waals surface area contributed by atoms with E-state index in [0.29, 0.717) is 0 Å². The zero-order chi connectivity index (χ0) is 13.4. The van der Waals surface area contributed by atoms with Gasteiger partial charge in [-0.2, -0.15) is 35.1 Å². The van der Waals surface area contributed by atoms with Gasteiger partial charge < -0.3 is 0 Å². The van der Waals surface area contributed by atoms with Crippen molar-refractivity contribution in [3.63, 3.8) is 0 Å². The predicted octanol–water partition coefficient (Wildman–Crippen LogP) is 4.01. The molecule has 0 aromatic rings. The SMILES string of the molecule is FC(F)(CCl)C(F)(F)C(F)(F)C(F)(F)CCl. The van der Waals surface area contributed by atoms with Crippen LogP contribution in [-0.2, 0) is 0 Å². The Kier molecular flexibility index (Phi) is 4.37. The molecule has 0 aromatic carbocycles. The smallest absolute Gasteiger partial charge is 0.198 e. The molecule has 0 aliphatic heterocycles. The number of halogens is 10. The first-order valence-corrected chi connectivity index (χ1v) is 4.57. The number of hydrogen-bond donors (Lipinski definition) is 0. The van der Waals surface area contributed by atoms with Gasteiger partial charge in [0.2, 0.25) is 0 Å². The zero-order valence-electron chi connectivity index (χ0n) is 7.19. The van der Waals surface area contributed by atoms with E-state index in [4.69, 9.17) is 0 Å². The summed E-state index contributed by atoms with van der Waals surface area (Å²) in [7, 11) is 0. The Morgan fingerprint density at radius 1 is 0.562 bits per heavy atom. The van der Waals surface area contributed by atoms with Crippen molar-refractivity contribution in [2.45, 2.75) is 23.7 Å². The summed E-state index contributed by atoms with van der Waals surface area (Å²) in [5.41, 5.74) is 0. The van der Waals surface area contributed by atoms with Crippen molar-refractivity contribution in [1.29, 1.82) is 0 Å². The third kappa shape index (κ3) is 2.18. The van der Waals surface area contributed by atoms with Crippen LogP contribution in [0.4, 0.5) is 35.1 Å². The van der Waals surface area contributed by atoms with Gasteiger partial charge in [0.15, 0.2) is 0 Å². The Morgan fingerprint density at radius 2 is 0.750 bits per heavy atom. The van der Waals surface area contributed by atoms with Crippen LogP contribution in [0.25, 0.3) is 0 Å². The Morgan fingerprint density at radius 3 is 0.875 bits per heavy atom. The number of hydrogen-bond acceptors (Lipinski definition) is 0. The molecule has 0 aromatic heterocycles. The third-order valence-corrected chi connectivity index (χ3v) is 2.32. The normalized spacial score (nSPS) is 15.4. The molecule has 0 rings (SSSR count). The fourth-order valence-corrected chi connectivity index (χ4v) is 0.963. The molecule has 0 fully saturated rings. The molecule has 0 bridgehead atoms. The van der Waals surface area contributed by atoms with Crippen molar-refractivity contribution in [3.05, 3.63) is 0 Å². The third-order valence-electron chi connectivity index (χ3n) is 1.65. The molecule has 0 amide bonds. The zero-order valence-corrected chi connectivity index (χ0v) is 8.71. The molecule has 0 unspecified atom stereocenters. The van der Waals surface area contributed by atoms with Crippen LogP contribution in [0.1, 0.15) is 0 Å². The molecule has 0 saturated carbocycles. The van der Waals surface area contributed by atoms with Gasteiger partial charge in [-0.25, -0.2) is 0 Å². The lowest BCUT2D eigenvalue weighted by Gasteiger charge is -2.35. The molecule has 16 heavy (non-hydrogen) atoms. The first-order valence-electron chi connectivity index (χ1n) is 3.50. The van der Waals surface area contributed by atoms with Gasteiger partial charge in [-0.05, 0) is 0 Å². The van der Waals surface area contributed by atoms with Gasteiger partial charge in [-0.1, -0.05) is 0 Å². The van der Waals surface area contributed by atoms with Crippen LogP contribution >= 0.6 is 23.2 Å².